The van der Waals surface area contributed by atoms with Gasteiger partial charge in [-0.15, -0.1) is 11.3 Å². The summed E-state index contributed by atoms with van der Waals surface area (Å²) in [6.45, 7) is 1.97. The molecule has 5 heteroatoms. The molecule has 2 aromatic heterocycles. The Morgan fingerprint density at radius 3 is 2.88 bits per heavy atom. The van der Waals surface area contributed by atoms with Crippen LogP contribution in [0.5, 0.6) is 0 Å². The largest absolute Gasteiger partial charge is 0.345 e. The van der Waals surface area contributed by atoms with Crippen molar-refractivity contribution in [1.29, 1.82) is 0 Å². The first-order chi connectivity index (χ1) is 8.16. The molecular weight excluding hydrogens is 300 g/mol. The molecule has 0 aliphatic rings. The first kappa shape index (κ1) is 12.3. The molecule has 0 bridgehead atoms. The maximum Gasteiger partial charge on any atom is 0.253 e. The van der Waals surface area contributed by atoms with Gasteiger partial charge in [-0.2, -0.15) is 0 Å². The van der Waals surface area contributed by atoms with Crippen molar-refractivity contribution in [1.82, 2.24) is 10.3 Å². The number of rotatable bonds is 3. The number of pyridine rings is 1. The smallest absolute Gasteiger partial charge is 0.253 e. The van der Waals surface area contributed by atoms with Gasteiger partial charge in [0.2, 0.25) is 0 Å². The monoisotopic (exact) mass is 310 g/mol. The molecule has 0 aliphatic carbocycles. The van der Waals surface area contributed by atoms with Crippen molar-refractivity contribution in [3.8, 4) is 0 Å². The van der Waals surface area contributed by atoms with Crippen molar-refractivity contribution in [2.75, 3.05) is 0 Å². The van der Waals surface area contributed by atoms with Gasteiger partial charge in [0.15, 0.2) is 0 Å². The Morgan fingerprint density at radius 1 is 1.47 bits per heavy atom. The first-order valence-corrected chi connectivity index (χ1v) is 6.80. The molecule has 0 saturated carbocycles. The van der Waals surface area contributed by atoms with Crippen LogP contribution >= 0.6 is 27.3 Å². The molecular formula is C12H11BrN2OS. The highest BCUT2D eigenvalue weighted by atomic mass is 79.9. The number of hydrogen-bond donors (Lipinski definition) is 1. The van der Waals surface area contributed by atoms with Gasteiger partial charge in [0, 0.05) is 11.1 Å². The number of nitrogens with zero attached hydrogens (tertiary/aromatic N) is 1. The number of hydrogen-bond acceptors (Lipinski definition) is 3. The molecule has 0 aromatic carbocycles. The number of carbonyl (C=O) groups excluding carboxylic acids is 1. The Morgan fingerprint density at radius 2 is 2.29 bits per heavy atom. The third-order valence-corrected chi connectivity index (χ3v) is 3.83. The first-order valence-electron chi connectivity index (χ1n) is 5.12. The maximum atomic E-state index is 11.9. The number of thiophene rings is 1. The van der Waals surface area contributed by atoms with E-state index in [1.807, 2.05) is 24.4 Å². The minimum atomic E-state index is -0.106. The minimum absolute atomic E-state index is 0.0196. The van der Waals surface area contributed by atoms with Crippen molar-refractivity contribution < 1.29 is 4.79 Å². The lowest BCUT2D eigenvalue weighted by molar-refractivity contribution is 0.0940. The average Bonchev–Trinajstić information content (AvgIpc) is 2.83. The van der Waals surface area contributed by atoms with Gasteiger partial charge in [-0.25, -0.2) is 4.98 Å². The second-order valence-corrected chi connectivity index (χ2v) is 5.37. The fourth-order valence-electron chi connectivity index (χ4n) is 1.40. The highest BCUT2D eigenvalue weighted by Gasteiger charge is 2.12. The lowest BCUT2D eigenvalue weighted by atomic mass is 10.2. The van der Waals surface area contributed by atoms with Crippen LogP contribution in [0.2, 0.25) is 0 Å². The van der Waals surface area contributed by atoms with Gasteiger partial charge in [-0.1, -0.05) is 6.07 Å². The van der Waals surface area contributed by atoms with Crippen molar-refractivity contribution in [2.24, 2.45) is 0 Å². The summed E-state index contributed by atoms with van der Waals surface area (Å²) in [4.78, 5) is 17.1. The maximum absolute atomic E-state index is 11.9. The Hall–Kier alpha value is -1.20. The number of aromatic nitrogens is 1. The van der Waals surface area contributed by atoms with Crippen molar-refractivity contribution in [3.63, 3.8) is 0 Å². The van der Waals surface area contributed by atoms with E-state index in [4.69, 9.17) is 0 Å². The highest BCUT2D eigenvalue weighted by Crippen LogP contribution is 2.18. The molecule has 1 N–H and O–H groups in total. The summed E-state index contributed by atoms with van der Waals surface area (Å²) in [5, 5.41) is 4.93. The van der Waals surface area contributed by atoms with E-state index < -0.39 is 0 Å². The Labute approximate surface area is 112 Å². The van der Waals surface area contributed by atoms with Crippen LogP contribution in [-0.4, -0.2) is 10.9 Å². The summed E-state index contributed by atoms with van der Waals surface area (Å²) in [6.07, 6.45) is 1.56. The highest BCUT2D eigenvalue weighted by molar-refractivity contribution is 9.10. The third kappa shape index (κ3) is 3.14. The van der Waals surface area contributed by atoms with E-state index in [9.17, 15) is 4.79 Å². The third-order valence-electron chi connectivity index (χ3n) is 2.31. The van der Waals surface area contributed by atoms with Crippen LogP contribution in [0, 0.1) is 0 Å². The molecule has 0 spiro atoms. The summed E-state index contributed by atoms with van der Waals surface area (Å²) in [5.41, 5.74) is 0.566. The van der Waals surface area contributed by atoms with Gasteiger partial charge in [-0.3, -0.25) is 4.79 Å². The van der Waals surface area contributed by atoms with E-state index >= 15 is 0 Å². The lowest BCUT2D eigenvalue weighted by Crippen LogP contribution is -2.26. The molecule has 88 valence electrons. The summed E-state index contributed by atoms with van der Waals surface area (Å²) < 4.78 is 0.723. The van der Waals surface area contributed by atoms with Gasteiger partial charge < -0.3 is 5.32 Å². The predicted octanol–water partition coefficient (Wildman–Crippen LogP) is 3.40. The summed E-state index contributed by atoms with van der Waals surface area (Å²) in [6, 6.07) is 7.50. The van der Waals surface area contributed by atoms with Crippen LogP contribution in [0.15, 0.2) is 40.4 Å². The van der Waals surface area contributed by atoms with Gasteiger partial charge in [0.1, 0.15) is 4.60 Å². The van der Waals surface area contributed by atoms with E-state index in [0.717, 1.165) is 9.48 Å². The molecule has 3 nitrogen and oxygen atoms in total. The van der Waals surface area contributed by atoms with Crippen LogP contribution in [0.4, 0.5) is 0 Å². The van der Waals surface area contributed by atoms with E-state index in [0.29, 0.717) is 5.56 Å². The minimum Gasteiger partial charge on any atom is -0.345 e. The zero-order valence-electron chi connectivity index (χ0n) is 9.18. The molecule has 2 heterocycles. The second-order valence-electron chi connectivity index (χ2n) is 3.58. The fourth-order valence-corrected chi connectivity index (χ4v) is 2.37. The van der Waals surface area contributed by atoms with E-state index in [2.05, 4.69) is 26.2 Å². The molecule has 1 atom stereocenters. The van der Waals surface area contributed by atoms with Gasteiger partial charge in [-0.05, 0) is 46.4 Å². The normalized spacial score (nSPS) is 12.1. The Balaban J connectivity index is 2.04. The van der Waals surface area contributed by atoms with Crippen LogP contribution < -0.4 is 5.32 Å². The molecule has 0 fully saturated rings. The summed E-state index contributed by atoms with van der Waals surface area (Å²) >= 11 is 4.87. The molecule has 0 saturated heterocycles. The molecule has 0 aliphatic heterocycles. The van der Waals surface area contributed by atoms with Crippen LogP contribution in [0.1, 0.15) is 28.2 Å². The van der Waals surface area contributed by atoms with E-state index in [1.165, 1.54) is 0 Å². The van der Waals surface area contributed by atoms with E-state index in [-0.39, 0.29) is 11.9 Å². The number of amides is 1. The second kappa shape index (κ2) is 5.42. The molecule has 0 radical (unpaired) electrons. The predicted molar refractivity (Wildman–Crippen MR) is 72.1 cm³/mol. The van der Waals surface area contributed by atoms with Gasteiger partial charge in [0.25, 0.3) is 5.91 Å². The quantitative estimate of drug-likeness (QED) is 0.883. The summed E-state index contributed by atoms with van der Waals surface area (Å²) in [7, 11) is 0. The number of halogens is 1. The van der Waals surface area contributed by atoms with Gasteiger partial charge in [0.05, 0.1) is 11.6 Å². The van der Waals surface area contributed by atoms with Crippen LogP contribution in [0.25, 0.3) is 0 Å². The fraction of sp³-hybridized carbons (Fsp3) is 0.167. The molecule has 1 amide bonds. The zero-order chi connectivity index (χ0) is 12.3. The molecule has 17 heavy (non-hydrogen) atoms. The van der Waals surface area contributed by atoms with Crippen LogP contribution in [0.3, 0.4) is 0 Å². The Kier molecular flexibility index (Phi) is 3.91. The average molecular weight is 311 g/mol. The standard InChI is InChI=1S/C12H11BrN2OS/c1-8(10-3-2-6-17-10)15-12(16)9-4-5-11(13)14-7-9/h2-8H,1H3,(H,15,16). The lowest BCUT2D eigenvalue weighted by Gasteiger charge is -2.11. The van der Waals surface area contributed by atoms with Gasteiger partial charge >= 0.3 is 0 Å². The topological polar surface area (TPSA) is 42.0 Å². The van der Waals surface area contributed by atoms with E-state index in [1.54, 1.807) is 29.7 Å². The molecule has 2 aromatic rings. The van der Waals surface area contributed by atoms with Crippen molar-refractivity contribution in [2.45, 2.75) is 13.0 Å². The number of nitrogens with one attached hydrogen (secondary N) is 1. The number of carbonyl (C=O) groups is 1. The van der Waals surface area contributed by atoms with Crippen molar-refractivity contribution in [3.05, 3.63) is 50.9 Å². The SMILES string of the molecule is CC(NC(=O)c1ccc(Br)nc1)c1cccs1. The molecule has 2 rings (SSSR count). The van der Waals surface area contributed by atoms with Crippen molar-refractivity contribution >= 4 is 33.2 Å². The Bertz CT molecular complexity index is 496. The summed E-state index contributed by atoms with van der Waals surface area (Å²) in [5.74, 6) is -0.106. The molecule has 1 unspecified atom stereocenters. The van der Waals surface area contributed by atoms with Crippen LogP contribution in [-0.2, 0) is 0 Å². The zero-order valence-corrected chi connectivity index (χ0v) is 11.6.